The van der Waals surface area contributed by atoms with Gasteiger partial charge in [-0.05, 0) is 32.1 Å². The Morgan fingerprint density at radius 1 is 0.566 bits per heavy atom. The molecule has 6 N–H and O–H groups in total. The van der Waals surface area contributed by atoms with Crippen molar-refractivity contribution in [1.29, 1.82) is 0 Å². The third-order valence-electron chi connectivity index (χ3n) is 9.61. The van der Waals surface area contributed by atoms with Crippen LogP contribution in [0.4, 0.5) is 0 Å². The van der Waals surface area contributed by atoms with Crippen molar-refractivity contribution in [2.24, 2.45) is 0 Å². The lowest BCUT2D eigenvalue weighted by atomic mass is 9.85. The van der Waals surface area contributed by atoms with Crippen molar-refractivity contribution >= 4 is 19.8 Å². The fraction of sp³-hybridized carbons (Fsp3) is 0.897. The van der Waals surface area contributed by atoms with E-state index in [2.05, 4.69) is 26.0 Å². The Bertz CT molecular complexity index is 996. The van der Waals surface area contributed by atoms with E-state index in [4.69, 9.17) is 18.5 Å². The van der Waals surface area contributed by atoms with Crippen LogP contribution in [-0.4, -0.2) is 98.3 Å². The van der Waals surface area contributed by atoms with Gasteiger partial charge in [0.25, 0.3) is 0 Å². The summed E-state index contributed by atoms with van der Waals surface area (Å²) in [6.07, 6.45) is 15.7. The van der Waals surface area contributed by atoms with Gasteiger partial charge in [-0.1, -0.05) is 135 Å². The largest absolute Gasteiger partial charge is 0.472 e. The van der Waals surface area contributed by atoms with Gasteiger partial charge in [-0.2, -0.15) is 0 Å². The second kappa shape index (κ2) is 30.8. The second-order valence-electron chi connectivity index (χ2n) is 14.5. The molecule has 53 heavy (non-hydrogen) atoms. The summed E-state index contributed by atoms with van der Waals surface area (Å²) >= 11 is 0. The Hall–Kier alpha value is -1.41. The molecule has 0 aromatic rings. The van der Waals surface area contributed by atoms with Crippen molar-refractivity contribution in [2.75, 3.05) is 13.2 Å². The van der Waals surface area contributed by atoms with E-state index in [9.17, 15) is 44.6 Å². The highest BCUT2D eigenvalue weighted by Gasteiger charge is 2.51. The van der Waals surface area contributed by atoms with Gasteiger partial charge in [-0.25, -0.2) is 4.57 Å². The zero-order chi connectivity index (χ0) is 39.3. The van der Waals surface area contributed by atoms with E-state index < -0.39 is 75.7 Å². The van der Waals surface area contributed by atoms with Gasteiger partial charge in [0.2, 0.25) is 0 Å². The van der Waals surface area contributed by atoms with Crippen LogP contribution in [0.25, 0.3) is 0 Å². The maximum absolute atomic E-state index is 12.7. The summed E-state index contributed by atoms with van der Waals surface area (Å²) in [4.78, 5) is 35.5. The first-order valence-corrected chi connectivity index (χ1v) is 22.0. The highest BCUT2D eigenvalue weighted by atomic mass is 31.2. The topological polar surface area (TPSA) is 210 Å². The summed E-state index contributed by atoms with van der Waals surface area (Å²) in [5, 5.41) is 49.9. The molecule has 0 saturated heterocycles. The molecule has 0 aromatic carbocycles. The lowest BCUT2D eigenvalue weighted by Gasteiger charge is -2.41. The third-order valence-corrected chi connectivity index (χ3v) is 10.6. The molecule has 0 aliphatic heterocycles. The minimum Gasteiger partial charge on any atom is -0.462 e. The fourth-order valence-corrected chi connectivity index (χ4v) is 7.18. The number of carbonyl (C=O) groups excluding carboxylic acids is 2. The maximum Gasteiger partial charge on any atom is 0.472 e. The summed E-state index contributed by atoms with van der Waals surface area (Å²) in [5.74, 6) is -1.11. The molecule has 1 aliphatic carbocycles. The number of unbranched alkanes of at least 4 members (excludes halogenated alkanes) is 19. The van der Waals surface area contributed by atoms with Gasteiger partial charge in [0.15, 0.2) is 6.10 Å². The average Bonchev–Trinajstić information content (AvgIpc) is 3.13. The molecule has 312 valence electrons. The molecule has 14 heteroatoms. The van der Waals surface area contributed by atoms with E-state index in [1.54, 1.807) is 0 Å². The molecule has 1 saturated carbocycles. The van der Waals surface area contributed by atoms with Gasteiger partial charge < -0.3 is 39.9 Å². The number of ether oxygens (including phenoxy) is 2. The second-order valence-corrected chi connectivity index (χ2v) is 15.9. The molecule has 0 radical (unpaired) electrons. The van der Waals surface area contributed by atoms with Gasteiger partial charge in [0.1, 0.15) is 43.2 Å². The average molecular weight is 781 g/mol. The number of carbonyl (C=O) groups is 2. The molecule has 8 atom stereocenters. The summed E-state index contributed by atoms with van der Waals surface area (Å²) in [6.45, 7) is 3.23. The molecular weight excluding hydrogens is 707 g/mol. The number of phosphoric ester groups is 1. The van der Waals surface area contributed by atoms with Crippen molar-refractivity contribution in [1.82, 2.24) is 0 Å². The van der Waals surface area contributed by atoms with E-state index in [1.807, 2.05) is 0 Å². The molecule has 0 aromatic heterocycles. The van der Waals surface area contributed by atoms with Crippen LogP contribution in [0.5, 0.6) is 0 Å². The van der Waals surface area contributed by atoms with Crippen LogP contribution in [0.3, 0.4) is 0 Å². The van der Waals surface area contributed by atoms with E-state index >= 15 is 0 Å². The molecule has 1 fully saturated rings. The lowest BCUT2D eigenvalue weighted by Crippen LogP contribution is -2.64. The summed E-state index contributed by atoms with van der Waals surface area (Å²) in [5.41, 5.74) is 0. The first-order valence-electron chi connectivity index (χ1n) is 20.5. The van der Waals surface area contributed by atoms with E-state index in [0.717, 1.165) is 57.8 Å². The quantitative estimate of drug-likeness (QED) is 0.0177. The molecule has 1 aliphatic rings. The van der Waals surface area contributed by atoms with E-state index in [0.29, 0.717) is 12.8 Å². The third kappa shape index (κ3) is 24.0. The Morgan fingerprint density at radius 3 is 1.49 bits per heavy atom. The highest BCUT2D eigenvalue weighted by Crippen LogP contribution is 2.47. The Kier molecular flexibility index (Phi) is 28.8. The van der Waals surface area contributed by atoms with Crippen molar-refractivity contribution in [3.05, 3.63) is 12.2 Å². The number of esters is 2. The van der Waals surface area contributed by atoms with Crippen molar-refractivity contribution < 1.29 is 63.1 Å². The number of hydrogen-bond acceptors (Lipinski definition) is 12. The minimum absolute atomic E-state index is 0.0895. The number of aliphatic hydroxyl groups is 5. The van der Waals surface area contributed by atoms with Gasteiger partial charge in [-0.15, -0.1) is 0 Å². The smallest absolute Gasteiger partial charge is 0.462 e. The molecule has 0 spiro atoms. The molecule has 13 nitrogen and oxygen atoms in total. The predicted molar refractivity (Wildman–Crippen MR) is 203 cm³/mol. The van der Waals surface area contributed by atoms with Gasteiger partial charge >= 0.3 is 19.8 Å². The zero-order valence-electron chi connectivity index (χ0n) is 32.6. The molecule has 0 heterocycles. The van der Waals surface area contributed by atoms with Gasteiger partial charge in [-0.3, -0.25) is 18.6 Å². The molecule has 0 amide bonds. The summed E-state index contributed by atoms with van der Waals surface area (Å²) in [7, 11) is -5.11. The normalized spacial score (nSPS) is 23.5. The van der Waals surface area contributed by atoms with E-state index in [1.165, 1.54) is 70.6 Å². The Labute approximate surface area is 318 Å². The minimum atomic E-state index is -5.11. The first-order chi connectivity index (χ1) is 25.4. The van der Waals surface area contributed by atoms with Gasteiger partial charge in [0.05, 0.1) is 6.61 Å². The van der Waals surface area contributed by atoms with Crippen LogP contribution in [-0.2, 0) is 32.7 Å². The highest BCUT2D eigenvalue weighted by molar-refractivity contribution is 7.47. The zero-order valence-corrected chi connectivity index (χ0v) is 33.5. The van der Waals surface area contributed by atoms with Crippen LogP contribution in [0.15, 0.2) is 12.2 Å². The van der Waals surface area contributed by atoms with E-state index in [-0.39, 0.29) is 12.8 Å². The van der Waals surface area contributed by atoms with Crippen LogP contribution < -0.4 is 0 Å². The van der Waals surface area contributed by atoms with Crippen molar-refractivity contribution in [2.45, 2.75) is 211 Å². The number of aliphatic hydroxyl groups excluding tert-OH is 5. The molecule has 1 rings (SSSR count). The monoisotopic (exact) mass is 780 g/mol. The molecule has 0 bridgehead atoms. The predicted octanol–water partition coefficient (Wildman–Crippen LogP) is 6.72. The van der Waals surface area contributed by atoms with Crippen molar-refractivity contribution in [3.8, 4) is 0 Å². The summed E-state index contributed by atoms with van der Waals surface area (Å²) in [6, 6.07) is 0. The van der Waals surface area contributed by atoms with Crippen LogP contribution >= 0.6 is 7.82 Å². The Balaban J connectivity index is 2.52. The first kappa shape index (κ1) is 49.6. The van der Waals surface area contributed by atoms with Crippen LogP contribution in [0.1, 0.15) is 168 Å². The molecular formula is C39H73O13P. The Morgan fingerprint density at radius 2 is 0.981 bits per heavy atom. The number of rotatable bonds is 33. The van der Waals surface area contributed by atoms with Gasteiger partial charge in [0, 0.05) is 12.8 Å². The molecule has 6 unspecified atom stereocenters. The maximum atomic E-state index is 12.7. The number of phosphoric acid groups is 1. The fourth-order valence-electron chi connectivity index (χ4n) is 6.21. The summed E-state index contributed by atoms with van der Waals surface area (Å²) < 4.78 is 33.3. The number of hydrogen-bond donors (Lipinski definition) is 6. The SMILES string of the molecule is CCCC/C=C\CCCCCCCC(=O)O[C@H](COC(=O)CCCCCCCCCCCCCCC)COP(=O)(O)OC1C(O)C(O)C(O)[C@@H](O)C1O. The lowest BCUT2D eigenvalue weighted by molar-refractivity contribution is -0.220. The van der Waals surface area contributed by atoms with Crippen LogP contribution in [0.2, 0.25) is 0 Å². The van der Waals surface area contributed by atoms with Crippen molar-refractivity contribution in [3.63, 3.8) is 0 Å². The standard InChI is InChI=1S/C39H73O13P/c1-3-5-7-9-11-13-15-16-18-19-21-23-25-27-32(40)49-29-31(51-33(41)28-26-24-22-20-17-14-12-10-8-6-4-2)30-50-53(47,48)52-39-37(45)35(43)34(42)36(44)38(39)46/h10,12,31,34-39,42-46H,3-9,11,13-30H2,1-2H3,(H,47,48)/b12-10-/t31-,34?,35-,36?,37?,38?,39?/m1/s1. The number of allylic oxidation sites excluding steroid dienone is 2. The van der Waals surface area contributed by atoms with Crippen LogP contribution in [0, 0.1) is 0 Å².